The van der Waals surface area contributed by atoms with Gasteiger partial charge in [0.1, 0.15) is 5.82 Å². The van der Waals surface area contributed by atoms with E-state index in [4.69, 9.17) is 10.4 Å². The third-order valence-electron chi connectivity index (χ3n) is 2.56. The van der Waals surface area contributed by atoms with Crippen molar-refractivity contribution in [2.75, 3.05) is 18.9 Å². The molecule has 1 aromatic rings. The van der Waals surface area contributed by atoms with Crippen LogP contribution in [0.4, 0.5) is 14.9 Å². The zero-order valence-corrected chi connectivity index (χ0v) is 11.1. The van der Waals surface area contributed by atoms with Gasteiger partial charge in [0.2, 0.25) is 0 Å². The number of urea groups is 1. The number of carbonyl (C=O) groups is 2. The van der Waals surface area contributed by atoms with Crippen molar-refractivity contribution in [2.24, 2.45) is 5.92 Å². The average molecular weight is 279 g/mol. The highest BCUT2D eigenvalue weighted by Crippen LogP contribution is 2.15. The summed E-state index contributed by atoms with van der Waals surface area (Å²) in [6.45, 7) is 1.90. The van der Waals surface area contributed by atoms with Crippen LogP contribution in [0, 0.1) is 23.1 Å². The molecule has 1 aromatic carbocycles. The first-order valence-corrected chi connectivity index (χ1v) is 5.79. The Morgan fingerprint density at radius 2 is 2.20 bits per heavy atom. The molecule has 6 nitrogen and oxygen atoms in total. The number of carboxylic acids is 1. The minimum Gasteiger partial charge on any atom is -0.478 e. The van der Waals surface area contributed by atoms with Gasteiger partial charge < -0.3 is 15.3 Å². The molecule has 0 fully saturated rings. The van der Waals surface area contributed by atoms with Crippen LogP contribution in [0.2, 0.25) is 0 Å². The quantitative estimate of drug-likeness (QED) is 0.883. The molecule has 0 aromatic heterocycles. The number of hydrogen-bond acceptors (Lipinski definition) is 3. The summed E-state index contributed by atoms with van der Waals surface area (Å²) in [5, 5.41) is 19.9. The molecule has 1 atom stereocenters. The minimum atomic E-state index is -1.41. The van der Waals surface area contributed by atoms with Crippen LogP contribution in [-0.2, 0) is 0 Å². The number of aromatic carboxylic acids is 1. The molecule has 1 unspecified atom stereocenters. The maximum Gasteiger partial charge on any atom is 0.338 e. The van der Waals surface area contributed by atoms with E-state index in [9.17, 15) is 14.0 Å². The number of anilines is 1. The van der Waals surface area contributed by atoms with Gasteiger partial charge in [-0.25, -0.2) is 14.0 Å². The predicted octanol–water partition coefficient (Wildman–Crippen LogP) is 2.15. The topological polar surface area (TPSA) is 93.4 Å². The highest BCUT2D eigenvalue weighted by atomic mass is 19.1. The lowest BCUT2D eigenvalue weighted by atomic mass is 10.2. The average Bonchev–Trinajstić information content (AvgIpc) is 2.40. The summed E-state index contributed by atoms with van der Waals surface area (Å²) in [7, 11) is 1.50. The SMILES string of the molecule is CC(C#N)CN(C)C(=O)Nc1ccc(F)c(C(=O)O)c1. The number of hydrogen-bond donors (Lipinski definition) is 2. The van der Waals surface area contributed by atoms with Crippen molar-refractivity contribution in [1.82, 2.24) is 4.90 Å². The number of nitriles is 1. The van der Waals surface area contributed by atoms with E-state index in [2.05, 4.69) is 5.32 Å². The standard InChI is InChI=1S/C13H14FN3O3/c1-8(6-15)7-17(2)13(20)16-9-3-4-11(14)10(5-9)12(18)19/h3-5,8H,7H2,1-2H3,(H,16,20)(H,18,19). The van der Waals surface area contributed by atoms with Crippen LogP contribution in [0.15, 0.2) is 18.2 Å². The minimum absolute atomic E-state index is 0.172. The number of nitrogens with zero attached hydrogens (tertiary/aromatic N) is 2. The second-order valence-corrected chi connectivity index (χ2v) is 4.34. The Morgan fingerprint density at radius 3 is 2.75 bits per heavy atom. The largest absolute Gasteiger partial charge is 0.478 e. The van der Waals surface area contributed by atoms with Gasteiger partial charge in [-0.1, -0.05) is 0 Å². The molecule has 0 radical (unpaired) electrons. The van der Waals surface area contributed by atoms with Gasteiger partial charge in [-0.15, -0.1) is 0 Å². The first-order valence-electron chi connectivity index (χ1n) is 5.79. The molecule has 0 aliphatic heterocycles. The Kier molecular flexibility index (Phi) is 5.03. The smallest absolute Gasteiger partial charge is 0.338 e. The van der Waals surface area contributed by atoms with E-state index in [0.29, 0.717) is 0 Å². The summed E-state index contributed by atoms with van der Waals surface area (Å²) in [4.78, 5) is 23.9. The number of benzene rings is 1. The van der Waals surface area contributed by atoms with Crippen molar-refractivity contribution in [3.63, 3.8) is 0 Å². The fourth-order valence-corrected chi connectivity index (χ4v) is 1.52. The van der Waals surface area contributed by atoms with Gasteiger partial charge in [-0.2, -0.15) is 5.26 Å². The molecule has 0 bridgehead atoms. The highest BCUT2D eigenvalue weighted by molar-refractivity contribution is 5.93. The van der Waals surface area contributed by atoms with Crippen LogP contribution in [0.25, 0.3) is 0 Å². The van der Waals surface area contributed by atoms with E-state index in [1.807, 2.05) is 6.07 Å². The van der Waals surface area contributed by atoms with Crippen LogP contribution >= 0.6 is 0 Å². The summed E-state index contributed by atoms with van der Waals surface area (Å²) in [6.07, 6.45) is 0. The molecule has 0 aliphatic rings. The second kappa shape index (κ2) is 6.52. The van der Waals surface area contributed by atoms with Gasteiger partial charge in [-0.3, -0.25) is 0 Å². The summed E-state index contributed by atoms with van der Waals surface area (Å²) < 4.78 is 13.2. The number of nitrogens with one attached hydrogen (secondary N) is 1. The molecular formula is C13H14FN3O3. The van der Waals surface area contributed by atoms with E-state index in [0.717, 1.165) is 12.1 Å². The zero-order chi connectivity index (χ0) is 15.3. The van der Waals surface area contributed by atoms with Gasteiger partial charge >= 0.3 is 12.0 Å². The summed E-state index contributed by atoms with van der Waals surface area (Å²) in [6, 6.07) is 4.77. The molecule has 1 rings (SSSR count). The van der Waals surface area contributed by atoms with Crippen LogP contribution in [0.1, 0.15) is 17.3 Å². The van der Waals surface area contributed by atoms with E-state index in [1.54, 1.807) is 6.92 Å². The lowest BCUT2D eigenvalue weighted by Gasteiger charge is -2.19. The van der Waals surface area contributed by atoms with Gasteiger partial charge in [0, 0.05) is 19.3 Å². The molecule has 7 heteroatoms. The van der Waals surface area contributed by atoms with Crippen LogP contribution < -0.4 is 5.32 Å². The van der Waals surface area contributed by atoms with Crippen molar-refractivity contribution in [3.8, 4) is 6.07 Å². The first-order chi connectivity index (χ1) is 9.35. The number of amides is 2. The van der Waals surface area contributed by atoms with Crippen LogP contribution in [0.3, 0.4) is 0 Å². The molecule has 106 valence electrons. The zero-order valence-electron chi connectivity index (χ0n) is 11.1. The monoisotopic (exact) mass is 279 g/mol. The number of rotatable bonds is 4. The van der Waals surface area contributed by atoms with E-state index in [-0.39, 0.29) is 18.2 Å². The van der Waals surface area contributed by atoms with E-state index in [1.165, 1.54) is 18.0 Å². The molecule has 0 saturated heterocycles. The lowest BCUT2D eigenvalue weighted by molar-refractivity contribution is 0.0692. The molecule has 0 heterocycles. The Bertz CT molecular complexity index is 568. The summed E-state index contributed by atoms with van der Waals surface area (Å²) in [5.74, 6) is -2.61. The highest BCUT2D eigenvalue weighted by Gasteiger charge is 2.15. The summed E-state index contributed by atoms with van der Waals surface area (Å²) in [5.41, 5.74) is -0.346. The van der Waals surface area contributed by atoms with Crippen molar-refractivity contribution >= 4 is 17.7 Å². The van der Waals surface area contributed by atoms with Crippen LogP contribution in [0.5, 0.6) is 0 Å². The van der Waals surface area contributed by atoms with Gasteiger partial charge in [0.15, 0.2) is 0 Å². The first kappa shape index (κ1) is 15.4. The van der Waals surface area contributed by atoms with Crippen molar-refractivity contribution in [2.45, 2.75) is 6.92 Å². The Labute approximate surface area is 115 Å². The van der Waals surface area contributed by atoms with E-state index >= 15 is 0 Å². The molecule has 0 aliphatic carbocycles. The van der Waals surface area contributed by atoms with Crippen molar-refractivity contribution in [1.29, 1.82) is 5.26 Å². The lowest BCUT2D eigenvalue weighted by Crippen LogP contribution is -2.34. The fourth-order valence-electron chi connectivity index (χ4n) is 1.52. The van der Waals surface area contributed by atoms with Crippen molar-refractivity contribution in [3.05, 3.63) is 29.6 Å². The Morgan fingerprint density at radius 1 is 1.55 bits per heavy atom. The van der Waals surface area contributed by atoms with Crippen molar-refractivity contribution < 1.29 is 19.1 Å². The third-order valence-corrected chi connectivity index (χ3v) is 2.56. The van der Waals surface area contributed by atoms with Gasteiger partial charge in [-0.05, 0) is 25.1 Å². The number of carbonyl (C=O) groups excluding carboxylic acids is 1. The molecule has 2 amide bonds. The summed E-state index contributed by atoms with van der Waals surface area (Å²) >= 11 is 0. The second-order valence-electron chi connectivity index (χ2n) is 4.34. The molecule has 0 spiro atoms. The molecule has 0 saturated carbocycles. The maximum atomic E-state index is 13.2. The van der Waals surface area contributed by atoms with Crippen LogP contribution in [-0.4, -0.2) is 35.6 Å². The Hall–Kier alpha value is -2.62. The molecular weight excluding hydrogens is 265 g/mol. The molecule has 2 N–H and O–H groups in total. The number of halogens is 1. The number of carboxylic acid groups (broad SMARTS) is 1. The third kappa shape index (κ3) is 3.95. The Balaban J connectivity index is 2.79. The van der Waals surface area contributed by atoms with Gasteiger partial charge in [0.25, 0.3) is 0 Å². The van der Waals surface area contributed by atoms with Gasteiger partial charge in [0.05, 0.1) is 17.6 Å². The molecule has 20 heavy (non-hydrogen) atoms. The predicted molar refractivity (Wildman–Crippen MR) is 69.8 cm³/mol. The fraction of sp³-hybridized carbons (Fsp3) is 0.308. The van der Waals surface area contributed by atoms with E-state index < -0.39 is 23.4 Å². The normalized spacial score (nSPS) is 11.3. The maximum absolute atomic E-state index is 13.2.